The Balaban J connectivity index is 2.83. The number of halogens is 1. The SMILES string of the molecule is CCCCn1cc(I)ccc1=O. The van der Waals surface area contributed by atoms with Gasteiger partial charge in [0.15, 0.2) is 0 Å². The van der Waals surface area contributed by atoms with Gasteiger partial charge in [-0.15, -0.1) is 0 Å². The second-order valence-corrected chi connectivity index (χ2v) is 3.98. The van der Waals surface area contributed by atoms with Crippen molar-refractivity contribution in [2.45, 2.75) is 26.3 Å². The molecule has 1 rings (SSSR count). The second kappa shape index (κ2) is 4.64. The molecule has 66 valence electrons. The Labute approximate surface area is 85.7 Å². The first-order chi connectivity index (χ1) is 5.74. The summed E-state index contributed by atoms with van der Waals surface area (Å²) in [5.74, 6) is 0. The number of aromatic nitrogens is 1. The molecule has 2 nitrogen and oxygen atoms in total. The van der Waals surface area contributed by atoms with Gasteiger partial charge in [-0.25, -0.2) is 0 Å². The monoisotopic (exact) mass is 277 g/mol. The minimum absolute atomic E-state index is 0.101. The Hall–Kier alpha value is -0.320. The van der Waals surface area contributed by atoms with Gasteiger partial charge < -0.3 is 4.57 Å². The van der Waals surface area contributed by atoms with Crippen LogP contribution in [0.4, 0.5) is 0 Å². The van der Waals surface area contributed by atoms with Crippen molar-refractivity contribution >= 4 is 22.6 Å². The quantitative estimate of drug-likeness (QED) is 0.777. The zero-order valence-electron chi connectivity index (χ0n) is 7.09. The zero-order chi connectivity index (χ0) is 8.97. The Morgan fingerprint density at radius 1 is 1.50 bits per heavy atom. The lowest BCUT2D eigenvalue weighted by Crippen LogP contribution is -2.18. The highest BCUT2D eigenvalue weighted by Gasteiger charge is 1.94. The summed E-state index contributed by atoms with van der Waals surface area (Å²) in [4.78, 5) is 11.2. The van der Waals surface area contributed by atoms with E-state index in [2.05, 4.69) is 29.5 Å². The normalized spacial score (nSPS) is 10.2. The van der Waals surface area contributed by atoms with E-state index in [0.717, 1.165) is 23.0 Å². The van der Waals surface area contributed by atoms with Crippen LogP contribution in [-0.4, -0.2) is 4.57 Å². The Bertz CT molecular complexity index is 306. The highest BCUT2D eigenvalue weighted by molar-refractivity contribution is 14.1. The summed E-state index contributed by atoms with van der Waals surface area (Å²) in [7, 11) is 0. The van der Waals surface area contributed by atoms with E-state index < -0.39 is 0 Å². The molecule has 0 fully saturated rings. The maximum Gasteiger partial charge on any atom is 0.250 e. The van der Waals surface area contributed by atoms with Crippen LogP contribution in [0, 0.1) is 3.57 Å². The molecule has 0 aromatic carbocycles. The summed E-state index contributed by atoms with van der Waals surface area (Å²) >= 11 is 2.21. The minimum Gasteiger partial charge on any atom is -0.314 e. The molecule has 1 aromatic heterocycles. The van der Waals surface area contributed by atoms with Crippen LogP contribution >= 0.6 is 22.6 Å². The van der Waals surface area contributed by atoms with Crippen molar-refractivity contribution in [2.75, 3.05) is 0 Å². The number of hydrogen-bond acceptors (Lipinski definition) is 1. The van der Waals surface area contributed by atoms with Gasteiger partial charge in [0.05, 0.1) is 0 Å². The first-order valence-corrected chi connectivity index (χ1v) is 5.18. The van der Waals surface area contributed by atoms with Gasteiger partial charge in [-0.05, 0) is 35.1 Å². The van der Waals surface area contributed by atoms with Gasteiger partial charge >= 0.3 is 0 Å². The van der Waals surface area contributed by atoms with Crippen LogP contribution in [-0.2, 0) is 6.54 Å². The molecule has 0 aliphatic heterocycles. The van der Waals surface area contributed by atoms with E-state index in [0.29, 0.717) is 0 Å². The number of pyridine rings is 1. The molecule has 0 unspecified atom stereocenters. The predicted molar refractivity (Wildman–Crippen MR) is 58.3 cm³/mol. The topological polar surface area (TPSA) is 22.0 Å². The first-order valence-electron chi connectivity index (χ1n) is 4.10. The molecule has 0 saturated carbocycles. The standard InChI is InChI=1S/C9H12INO/c1-2-3-6-11-7-8(10)4-5-9(11)12/h4-5,7H,2-3,6H2,1H3. The largest absolute Gasteiger partial charge is 0.314 e. The van der Waals surface area contributed by atoms with Crippen molar-refractivity contribution in [3.8, 4) is 0 Å². The molecule has 0 amide bonds. The molecule has 0 saturated heterocycles. The maximum absolute atomic E-state index is 11.2. The van der Waals surface area contributed by atoms with E-state index >= 15 is 0 Å². The third-order valence-electron chi connectivity index (χ3n) is 1.70. The molecule has 0 bridgehead atoms. The van der Waals surface area contributed by atoms with Crippen LogP contribution in [0.1, 0.15) is 19.8 Å². The number of unbranched alkanes of at least 4 members (excludes halogenated alkanes) is 1. The predicted octanol–water partition coefficient (Wildman–Crippen LogP) is 2.25. The number of aryl methyl sites for hydroxylation is 1. The molecule has 0 aliphatic rings. The molecule has 0 atom stereocenters. The Kier molecular flexibility index (Phi) is 3.78. The molecule has 1 heterocycles. The number of nitrogens with zero attached hydrogens (tertiary/aromatic N) is 1. The van der Waals surface area contributed by atoms with Crippen molar-refractivity contribution in [2.24, 2.45) is 0 Å². The molecule has 12 heavy (non-hydrogen) atoms. The average Bonchev–Trinajstić information content (AvgIpc) is 2.07. The smallest absolute Gasteiger partial charge is 0.250 e. The molecule has 3 heteroatoms. The fourth-order valence-corrected chi connectivity index (χ4v) is 1.52. The fourth-order valence-electron chi connectivity index (χ4n) is 1.01. The van der Waals surface area contributed by atoms with E-state index in [1.54, 1.807) is 10.6 Å². The summed E-state index contributed by atoms with van der Waals surface area (Å²) in [6.45, 7) is 2.96. The van der Waals surface area contributed by atoms with Gasteiger partial charge in [-0.1, -0.05) is 13.3 Å². The lowest BCUT2D eigenvalue weighted by atomic mass is 10.3. The molecule has 0 spiro atoms. The molecule has 1 aromatic rings. The van der Waals surface area contributed by atoms with Gasteiger partial charge in [0.1, 0.15) is 0 Å². The Morgan fingerprint density at radius 3 is 2.92 bits per heavy atom. The van der Waals surface area contributed by atoms with Crippen LogP contribution < -0.4 is 5.56 Å². The lowest BCUT2D eigenvalue weighted by Gasteiger charge is -2.03. The van der Waals surface area contributed by atoms with Gasteiger partial charge in [0.25, 0.3) is 5.56 Å². The maximum atomic E-state index is 11.2. The summed E-state index contributed by atoms with van der Waals surface area (Å²) in [5.41, 5.74) is 0.101. The second-order valence-electron chi connectivity index (χ2n) is 2.73. The van der Waals surface area contributed by atoms with Gasteiger partial charge in [0.2, 0.25) is 0 Å². The molecular weight excluding hydrogens is 265 g/mol. The van der Waals surface area contributed by atoms with Gasteiger partial charge in [-0.2, -0.15) is 0 Å². The van der Waals surface area contributed by atoms with Crippen molar-refractivity contribution in [1.29, 1.82) is 0 Å². The summed E-state index contributed by atoms with van der Waals surface area (Å²) in [6.07, 6.45) is 4.09. The van der Waals surface area contributed by atoms with Crippen molar-refractivity contribution in [3.63, 3.8) is 0 Å². The van der Waals surface area contributed by atoms with Crippen LogP contribution in [0.5, 0.6) is 0 Å². The van der Waals surface area contributed by atoms with Crippen molar-refractivity contribution in [3.05, 3.63) is 32.3 Å². The summed E-state index contributed by atoms with van der Waals surface area (Å²) in [5, 5.41) is 0. The van der Waals surface area contributed by atoms with Gasteiger partial charge in [-0.3, -0.25) is 4.79 Å². The van der Waals surface area contributed by atoms with E-state index in [-0.39, 0.29) is 5.56 Å². The number of rotatable bonds is 3. The van der Waals surface area contributed by atoms with Crippen molar-refractivity contribution < 1.29 is 0 Å². The molecule has 0 radical (unpaired) electrons. The van der Waals surface area contributed by atoms with E-state index in [9.17, 15) is 4.79 Å². The van der Waals surface area contributed by atoms with Crippen LogP contribution in [0.25, 0.3) is 0 Å². The highest BCUT2D eigenvalue weighted by atomic mass is 127. The van der Waals surface area contributed by atoms with E-state index in [4.69, 9.17) is 0 Å². The van der Waals surface area contributed by atoms with Crippen LogP contribution in [0.15, 0.2) is 23.1 Å². The molecule has 0 aliphatic carbocycles. The van der Waals surface area contributed by atoms with Crippen LogP contribution in [0.3, 0.4) is 0 Å². The third-order valence-corrected chi connectivity index (χ3v) is 2.34. The highest BCUT2D eigenvalue weighted by Crippen LogP contribution is 2.00. The Morgan fingerprint density at radius 2 is 2.25 bits per heavy atom. The van der Waals surface area contributed by atoms with E-state index in [1.807, 2.05) is 12.3 Å². The zero-order valence-corrected chi connectivity index (χ0v) is 9.24. The summed E-state index contributed by atoms with van der Waals surface area (Å²) in [6, 6.07) is 3.46. The minimum atomic E-state index is 0.101. The average molecular weight is 277 g/mol. The number of hydrogen-bond donors (Lipinski definition) is 0. The summed E-state index contributed by atoms with van der Waals surface area (Å²) < 4.78 is 2.88. The first kappa shape index (κ1) is 9.77. The molecule has 0 N–H and O–H groups in total. The lowest BCUT2D eigenvalue weighted by molar-refractivity contribution is 0.611. The fraction of sp³-hybridized carbons (Fsp3) is 0.444. The van der Waals surface area contributed by atoms with Crippen LogP contribution in [0.2, 0.25) is 0 Å². The van der Waals surface area contributed by atoms with Crippen molar-refractivity contribution in [1.82, 2.24) is 4.57 Å². The molecular formula is C9H12INO. The van der Waals surface area contributed by atoms with E-state index in [1.165, 1.54) is 0 Å². The third kappa shape index (κ3) is 2.62. The van der Waals surface area contributed by atoms with Gasteiger partial charge in [0, 0.05) is 22.4 Å².